The van der Waals surface area contributed by atoms with Crippen LogP contribution in [-0.4, -0.2) is 12.6 Å². The summed E-state index contributed by atoms with van der Waals surface area (Å²) in [7, 11) is 0. The molecule has 104 valence electrons. The van der Waals surface area contributed by atoms with Crippen LogP contribution in [0.1, 0.15) is 32.3 Å². The van der Waals surface area contributed by atoms with Gasteiger partial charge in [0.15, 0.2) is 0 Å². The van der Waals surface area contributed by atoms with Crippen molar-refractivity contribution < 1.29 is 4.74 Å². The lowest BCUT2D eigenvalue weighted by molar-refractivity contribution is 0.308. The van der Waals surface area contributed by atoms with E-state index in [9.17, 15) is 0 Å². The molecular formula is C14H18Cl2N2O. The number of ether oxygens (including phenoxy) is 1. The second-order valence-corrected chi connectivity index (χ2v) is 5.37. The van der Waals surface area contributed by atoms with E-state index >= 15 is 0 Å². The molecule has 0 heterocycles. The van der Waals surface area contributed by atoms with Gasteiger partial charge in [-0.1, -0.05) is 37.0 Å². The number of benzene rings is 1. The molecule has 5 heteroatoms. The van der Waals surface area contributed by atoms with E-state index in [1.807, 2.05) is 6.07 Å². The first-order valence-corrected chi connectivity index (χ1v) is 7.01. The zero-order valence-corrected chi connectivity index (χ0v) is 12.7. The largest absolute Gasteiger partial charge is 0.492 e. The smallest absolute Gasteiger partial charge is 0.142 e. The maximum atomic E-state index is 8.50. The number of nitriles is 1. The first-order chi connectivity index (χ1) is 9.04. The van der Waals surface area contributed by atoms with Crippen LogP contribution in [0.25, 0.3) is 0 Å². The Morgan fingerprint density at radius 3 is 2.74 bits per heavy atom. The Bertz CT molecular complexity index is 455. The summed E-state index contributed by atoms with van der Waals surface area (Å²) in [5, 5.41) is 12.9. The van der Waals surface area contributed by atoms with E-state index in [0.29, 0.717) is 47.8 Å². The average Bonchev–Trinajstić information content (AvgIpc) is 2.34. The third-order valence-electron chi connectivity index (χ3n) is 2.47. The molecule has 0 saturated heterocycles. The summed E-state index contributed by atoms with van der Waals surface area (Å²) in [6.07, 6.45) is 1.16. The van der Waals surface area contributed by atoms with Gasteiger partial charge < -0.3 is 10.1 Å². The quantitative estimate of drug-likeness (QED) is 0.769. The van der Waals surface area contributed by atoms with Crippen LogP contribution in [0.15, 0.2) is 12.1 Å². The first kappa shape index (κ1) is 16.1. The predicted octanol–water partition coefficient (Wildman–Crippen LogP) is 4.17. The van der Waals surface area contributed by atoms with Crippen LogP contribution in [0.2, 0.25) is 10.0 Å². The van der Waals surface area contributed by atoms with E-state index in [4.69, 9.17) is 33.2 Å². The molecule has 0 bridgehead atoms. The molecule has 0 aliphatic heterocycles. The summed E-state index contributed by atoms with van der Waals surface area (Å²) in [5.41, 5.74) is 0.933. The molecule has 1 aromatic rings. The van der Waals surface area contributed by atoms with Gasteiger partial charge in [0, 0.05) is 29.6 Å². The van der Waals surface area contributed by atoms with Crippen LogP contribution >= 0.6 is 23.2 Å². The molecule has 0 saturated carbocycles. The van der Waals surface area contributed by atoms with Crippen molar-refractivity contribution in [1.29, 1.82) is 5.26 Å². The van der Waals surface area contributed by atoms with Crippen molar-refractivity contribution in [3.05, 3.63) is 27.7 Å². The zero-order chi connectivity index (χ0) is 14.3. The third-order valence-corrected chi connectivity index (χ3v) is 2.96. The number of rotatable bonds is 7. The highest BCUT2D eigenvalue weighted by atomic mass is 35.5. The Morgan fingerprint density at radius 2 is 2.11 bits per heavy atom. The highest BCUT2D eigenvalue weighted by Gasteiger charge is 2.11. The average molecular weight is 301 g/mol. The molecule has 1 rings (SSSR count). The fourth-order valence-corrected chi connectivity index (χ4v) is 2.14. The maximum Gasteiger partial charge on any atom is 0.142 e. The molecular weight excluding hydrogens is 283 g/mol. The van der Waals surface area contributed by atoms with Gasteiger partial charge in [0.25, 0.3) is 0 Å². The van der Waals surface area contributed by atoms with Crippen molar-refractivity contribution in [3.8, 4) is 11.8 Å². The number of hydrogen-bond acceptors (Lipinski definition) is 3. The van der Waals surface area contributed by atoms with Crippen LogP contribution in [0.3, 0.4) is 0 Å². The van der Waals surface area contributed by atoms with Gasteiger partial charge in [-0.2, -0.15) is 5.26 Å². The Labute approximate surface area is 124 Å². The second kappa shape index (κ2) is 8.27. The zero-order valence-electron chi connectivity index (χ0n) is 11.2. The minimum Gasteiger partial charge on any atom is -0.492 e. The molecule has 19 heavy (non-hydrogen) atoms. The monoisotopic (exact) mass is 300 g/mol. The van der Waals surface area contributed by atoms with Crippen molar-refractivity contribution >= 4 is 23.2 Å². The molecule has 0 atom stereocenters. The summed E-state index contributed by atoms with van der Waals surface area (Å²) < 4.78 is 5.68. The molecule has 0 amide bonds. The summed E-state index contributed by atoms with van der Waals surface area (Å²) in [5.74, 6) is 0.650. The molecule has 0 unspecified atom stereocenters. The molecule has 0 aliphatic carbocycles. The van der Waals surface area contributed by atoms with Crippen molar-refractivity contribution in [3.63, 3.8) is 0 Å². The van der Waals surface area contributed by atoms with Crippen LogP contribution in [0.5, 0.6) is 5.75 Å². The predicted molar refractivity (Wildman–Crippen MR) is 78.8 cm³/mol. The lowest BCUT2D eigenvalue weighted by Gasteiger charge is -2.15. The van der Waals surface area contributed by atoms with Crippen molar-refractivity contribution in [2.24, 2.45) is 0 Å². The summed E-state index contributed by atoms with van der Waals surface area (Å²) >= 11 is 12.2. The summed E-state index contributed by atoms with van der Waals surface area (Å²) in [6.45, 7) is 5.26. The Kier molecular flexibility index (Phi) is 7.01. The van der Waals surface area contributed by atoms with E-state index in [-0.39, 0.29) is 0 Å². The van der Waals surface area contributed by atoms with Crippen molar-refractivity contribution in [2.45, 2.75) is 39.3 Å². The Hall–Kier alpha value is -0.950. The summed E-state index contributed by atoms with van der Waals surface area (Å²) in [6, 6.07) is 5.97. The van der Waals surface area contributed by atoms with Gasteiger partial charge in [-0.25, -0.2) is 0 Å². The normalized spacial score (nSPS) is 10.5. The number of unbranched alkanes of at least 4 members (excludes halogenated alkanes) is 1. The highest BCUT2D eigenvalue weighted by Crippen LogP contribution is 2.32. The SMILES string of the molecule is CC(C)NCc1cc(Cl)cc(Cl)c1OCCCC#N. The first-order valence-electron chi connectivity index (χ1n) is 6.25. The van der Waals surface area contributed by atoms with Gasteiger partial charge in [0.2, 0.25) is 0 Å². The number of nitrogens with one attached hydrogen (secondary N) is 1. The standard InChI is InChI=1S/C14H18Cl2N2O/c1-10(2)18-9-11-7-12(15)8-13(16)14(11)19-6-4-3-5-17/h7-8,10,18H,3-4,6,9H2,1-2H3. The van der Waals surface area contributed by atoms with Crippen molar-refractivity contribution in [2.75, 3.05) is 6.61 Å². The highest BCUT2D eigenvalue weighted by molar-refractivity contribution is 6.35. The van der Waals surface area contributed by atoms with Gasteiger partial charge in [-0.3, -0.25) is 0 Å². The third kappa shape index (κ3) is 5.69. The van der Waals surface area contributed by atoms with E-state index in [1.165, 1.54) is 0 Å². The lowest BCUT2D eigenvalue weighted by atomic mass is 10.2. The van der Waals surface area contributed by atoms with E-state index < -0.39 is 0 Å². The van der Waals surface area contributed by atoms with Gasteiger partial charge in [0.05, 0.1) is 17.7 Å². The van der Waals surface area contributed by atoms with E-state index in [0.717, 1.165) is 5.56 Å². The van der Waals surface area contributed by atoms with Gasteiger partial charge >= 0.3 is 0 Å². The fourth-order valence-electron chi connectivity index (χ4n) is 1.55. The van der Waals surface area contributed by atoms with E-state index in [2.05, 4.69) is 25.2 Å². The molecule has 0 aromatic heterocycles. The van der Waals surface area contributed by atoms with Crippen LogP contribution in [0, 0.1) is 11.3 Å². The van der Waals surface area contributed by atoms with E-state index in [1.54, 1.807) is 6.07 Å². The Morgan fingerprint density at radius 1 is 1.37 bits per heavy atom. The lowest BCUT2D eigenvalue weighted by Crippen LogP contribution is -2.22. The summed E-state index contributed by atoms with van der Waals surface area (Å²) in [4.78, 5) is 0. The topological polar surface area (TPSA) is 45.0 Å². The van der Waals surface area contributed by atoms with Crippen LogP contribution in [0.4, 0.5) is 0 Å². The molecule has 3 nitrogen and oxygen atoms in total. The van der Waals surface area contributed by atoms with Crippen LogP contribution in [-0.2, 0) is 6.54 Å². The molecule has 0 fully saturated rings. The minimum absolute atomic E-state index is 0.365. The Balaban J connectivity index is 2.78. The molecule has 0 spiro atoms. The van der Waals surface area contributed by atoms with Crippen molar-refractivity contribution in [1.82, 2.24) is 5.32 Å². The second-order valence-electron chi connectivity index (χ2n) is 4.52. The molecule has 0 radical (unpaired) electrons. The molecule has 1 N–H and O–H groups in total. The molecule has 0 aliphatic rings. The van der Waals surface area contributed by atoms with Gasteiger partial charge in [-0.15, -0.1) is 0 Å². The van der Waals surface area contributed by atoms with Gasteiger partial charge in [0.1, 0.15) is 5.75 Å². The number of halogens is 2. The van der Waals surface area contributed by atoms with Crippen LogP contribution < -0.4 is 10.1 Å². The fraction of sp³-hybridized carbons (Fsp3) is 0.500. The maximum absolute atomic E-state index is 8.50. The number of nitrogens with zero attached hydrogens (tertiary/aromatic N) is 1. The van der Waals surface area contributed by atoms with Gasteiger partial charge in [-0.05, 0) is 18.6 Å². The molecule has 1 aromatic carbocycles. The number of hydrogen-bond donors (Lipinski definition) is 1. The minimum atomic E-state index is 0.365.